The zero-order valence-corrected chi connectivity index (χ0v) is 18.3. The lowest BCUT2D eigenvalue weighted by atomic mass is 10.1. The molecule has 0 spiro atoms. The minimum Gasteiger partial charge on any atom is -0.619 e. The minimum absolute atomic E-state index is 0.0403. The lowest BCUT2D eigenvalue weighted by molar-refractivity contribution is -0.605. The maximum atomic E-state index is 14.2. The molecule has 0 radical (unpaired) electrons. The lowest BCUT2D eigenvalue weighted by Crippen LogP contribution is -2.44. The number of rotatable bonds is 4. The molecule has 0 aromatic carbocycles. The number of fused-ring (bicyclic) bond motifs is 3. The third-order valence-electron chi connectivity index (χ3n) is 5.34. The van der Waals surface area contributed by atoms with Crippen LogP contribution in [-0.2, 0) is 6.18 Å². The summed E-state index contributed by atoms with van der Waals surface area (Å²) in [5.74, 6) is 0.551. The molecule has 0 saturated carbocycles. The van der Waals surface area contributed by atoms with E-state index in [-0.39, 0.29) is 34.0 Å². The van der Waals surface area contributed by atoms with E-state index in [0.717, 1.165) is 30.5 Å². The lowest BCUT2D eigenvalue weighted by Gasteiger charge is -2.28. The van der Waals surface area contributed by atoms with Crippen molar-refractivity contribution in [3.63, 3.8) is 0 Å². The van der Waals surface area contributed by atoms with Crippen molar-refractivity contribution >= 4 is 37.6 Å². The van der Waals surface area contributed by atoms with Crippen molar-refractivity contribution in [3.8, 4) is 17.3 Å². The molecule has 1 saturated heterocycles. The van der Waals surface area contributed by atoms with Crippen molar-refractivity contribution in [2.24, 2.45) is 0 Å². The summed E-state index contributed by atoms with van der Waals surface area (Å²) in [6.07, 6.45) is -2.19. The molecule has 1 fully saturated rings. The normalized spacial score (nSPS) is 14.8. The second-order valence-electron chi connectivity index (χ2n) is 7.46. The van der Waals surface area contributed by atoms with Crippen LogP contribution in [0.1, 0.15) is 12.5 Å². The molecule has 1 aliphatic heterocycles. The molecule has 4 aromatic rings. The summed E-state index contributed by atoms with van der Waals surface area (Å²) in [7, 11) is 0. The fourth-order valence-electron chi connectivity index (χ4n) is 3.84. The molecule has 172 valence electrons. The molecule has 4 aromatic heterocycles. The van der Waals surface area contributed by atoms with E-state index in [4.69, 9.17) is 4.74 Å². The van der Waals surface area contributed by atoms with Crippen LogP contribution in [0.3, 0.4) is 0 Å². The molecule has 0 aliphatic carbocycles. The molecule has 1 N–H and O–H groups in total. The highest BCUT2D eigenvalue weighted by Crippen LogP contribution is 2.45. The molecule has 5 heterocycles. The average Bonchev–Trinajstić information content (AvgIpc) is 3.17. The van der Waals surface area contributed by atoms with E-state index in [0.29, 0.717) is 33.9 Å². The Labute approximate surface area is 190 Å². The predicted octanol–water partition coefficient (Wildman–Crippen LogP) is 3.37. The van der Waals surface area contributed by atoms with Crippen molar-refractivity contribution in [3.05, 3.63) is 41.4 Å². The molecule has 5 rings (SSSR count). The van der Waals surface area contributed by atoms with Gasteiger partial charge in [0.2, 0.25) is 0 Å². The number of nitrogens with one attached hydrogen (secondary N) is 1. The Kier molecular flexibility index (Phi) is 5.41. The molecule has 33 heavy (non-hydrogen) atoms. The van der Waals surface area contributed by atoms with E-state index in [1.807, 2.05) is 4.90 Å². The van der Waals surface area contributed by atoms with Crippen LogP contribution in [0.25, 0.3) is 31.7 Å². The third kappa shape index (κ3) is 4.00. The van der Waals surface area contributed by atoms with E-state index in [1.165, 1.54) is 24.5 Å². The predicted molar refractivity (Wildman–Crippen MR) is 118 cm³/mol. The fourth-order valence-corrected chi connectivity index (χ4v) is 5.00. The van der Waals surface area contributed by atoms with E-state index in [1.54, 1.807) is 6.92 Å². The topological polar surface area (TPSA) is 90.1 Å². The summed E-state index contributed by atoms with van der Waals surface area (Å²) in [5, 5.41) is 14.6. The maximum Gasteiger partial charge on any atom is 0.417 e. The van der Waals surface area contributed by atoms with Gasteiger partial charge in [0.1, 0.15) is 10.3 Å². The van der Waals surface area contributed by atoms with Gasteiger partial charge in [-0.3, -0.25) is 0 Å². The number of nitrogens with zero attached hydrogens (tertiary/aromatic N) is 5. The monoisotopic (exact) mass is 476 g/mol. The smallest absolute Gasteiger partial charge is 0.417 e. The number of hydrogen-bond acceptors (Lipinski definition) is 8. The summed E-state index contributed by atoms with van der Waals surface area (Å²) in [6, 6.07) is 3.92. The second kappa shape index (κ2) is 8.27. The number of anilines is 1. The summed E-state index contributed by atoms with van der Waals surface area (Å²) in [4.78, 5) is 15.6. The molecular formula is C21H19F3N6O2S. The Morgan fingerprint density at radius 1 is 1.18 bits per heavy atom. The van der Waals surface area contributed by atoms with Gasteiger partial charge < -0.3 is 20.2 Å². The van der Waals surface area contributed by atoms with Crippen LogP contribution in [0.15, 0.2) is 30.6 Å². The fraction of sp³-hybridized carbons (Fsp3) is 0.333. The van der Waals surface area contributed by atoms with Gasteiger partial charge >= 0.3 is 12.2 Å². The number of alkyl halides is 3. The van der Waals surface area contributed by atoms with Crippen molar-refractivity contribution in [1.29, 1.82) is 0 Å². The minimum atomic E-state index is -4.64. The van der Waals surface area contributed by atoms with Gasteiger partial charge in [-0.2, -0.15) is 27.9 Å². The van der Waals surface area contributed by atoms with E-state index in [2.05, 4.69) is 20.3 Å². The van der Waals surface area contributed by atoms with Gasteiger partial charge in [0.05, 0.1) is 28.0 Å². The number of ether oxygens (including phenoxy) is 1. The number of thiophene rings is 1. The molecule has 0 atom stereocenters. The van der Waals surface area contributed by atoms with Crippen LogP contribution >= 0.6 is 11.3 Å². The van der Waals surface area contributed by atoms with Crippen LogP contribution < -0.4 is 19.7 Å². The third-order valence-corrected chi connectivity index (χ3v) is 6.41. The zero-order chi connectivity index (χ0) is 23.2. The van der Waals surface area contributed by atoms with Gasteiger partial charge in [-0.25, -0.2) is 4.98 Å². The van der Waals surface area contributed by atoms with Gasteiger partial charge in [0.15, 0.2) is 18.2 Å². The van der Waals surface area contributed by atoms with Crippen LogP contribution in [0.2, 0.25) is 0 Å². The summed E-state index contributed by atoms with van der Waals surface area (Å²) < 4.78 is 49.3. The van der Waals surface area contributed by atoms with E-state index >= 15 is 0 Å². The van der Waals surface area contributed by atoms with Crippen LogP contribution in [-0.4, -0.2) is 47.7 Å². The first kappa shape index (κ1) is 21.6. The van der Waals surface area contributed by atoms with Crippen LogP contribution in [0.5, 0.6) is 6.01 Å². The number of halogens is 3. The van der Waals surface area contributed by atoms with Gasteiger partial charge in [0, 0.05) is 43.9 Å². The van der Waals surface area contributed by atoms with Crippen molar-refractivity contribution < 1.29 is 22.6 Å². The SMILES string of the molecule is CCOc1nc(N2CCNCC2)c2sc3nc(-c4cc[n+]([O-])cc4)cc(C(F)(F)F)c3c2n1. The van der Waals surface area contributed by atoms with E-state index < -0.39 is 11.7 Å². The molecule has 0 amide bonds. The van der Waals surface area contributed by atoms with Gasteiger partial charge in [-0.1, -0.05) is 0 Å². The maximum absolute atomic E-state index is 14.2. The van der Waals surface area contributed by atoms with Crippen LogP contribution in [0.4, 0.5) is 19.0 Å². The Balaban J connectivity index is 1.81. The quantitative estimate of drug-likeness (QED) is 0.357. The Hall–Kier alpha value is -3.25. The second-order valence-corrected chi connectivity index (χ2v) is 8.46. The Morgan fingerprint density at radius 3 is 2.58 bits per heavy atom. The van der Waals surface area contributed by atoms with Crippen molar-refractivity contribution in [2.75, 3.05) is 37.7 Å². The highest BCUT2D eigenvalue weighted by molar-refractivity contribution is 7.26. The highest BCUT2D eigenvalue weighted by Gasteiger charge is 2.36. The van der Waals surface area contributed by atoms with Crippen LogP contribution in [0, 0.1) is 5.21 Å². The Bertz CT molecular complexity index is 1320. The largest absolute Gasteiger partial charge is 0.619 e. The number of pyridine rings is 2. The number of piperazine rings is 1. The van der Waals surface area contributed by atoms with E-state index in [9.17, 15) is 18.4 Å². The first-order valence-corrected chi connectivity index (χ1v) is 11.2. The van der Waals surface area contributed by atoms with Crippen molar-refractivity contribution in [2.45, 2.75) is 13.1 Å². The van der Waals surface area contributed by atoms with Gasteiger partial charge in [0.25, 0.3) is 0 Å². The molecule has 12 heteroatoms. The first-order chi connectivity index (χ1) is 15.8. The summed E-state index contributed by atoms with van der Waals surface area (Å²) in [6.45, 7) is 4.86. The van der Waals surface area contributed by atoms with Gasteiger partial charge in [-0.05, 0) is 13.0 Å². The molecule has 0 unspecified atom stereocenters. The molecular weight excluding hydrogens is 457 g/mol. The summed E-state index contributed by atoms with van der Waals surface area (Å²) >= 11 is 1.13. The van der Waals surface area contributed by atoms with Gasteiger partial charge in [-0.15, -0.1) is 11.3 Å². The molecule has 1 aliphatic rings. The highest BCUT2D eigenvalue weighted by atomic mass is 32.1. The molecule has 8 nitrogen and oxygen atoms in total. The molecule has 0 bridgehead atoms. The first-order valence-electron chi connectivity index (χ1n) is 10.4. The summed E-state index contributed by atoms with van der Waals surface area (Å²) in [5.41, 5.74) is -0.113. The average molecular weight is 476 g/mol. The Morgan fingerprint density at radius 2 is 1.91 bits per heavy atom. The van der Waals surface area contributed by atoms with Crippen molar-refractivity contribution in [1.82, 2.24) is 20.3 Å². The standard InChI is InChI=1S/C21H19F3N6O2S/c1-2-32-20-27-16-15-13(21(22,23)24)11-14(12-3-7-30(31)8-4-12)26-19(15)33-17(16)18(28-20)29-9-5-25-6-10-29/h3-4,7-8,11,25H,2,5-6,9-10H2,1H3. The number of hydrogen-bond donors (Lipinski definition) is 1. The number of aromatic nitrogens is 4. The zero-order valence-electron chi connectivity index (χ0n) is 17.5.